The van der Waals surface area contributed by atoms with Crippen molar-refractivity contribution in [1.82, 2.24) is 0 Å². The maximum atomic E-state index is 0. The van der Waals surface area contributed by atoms with Gasteiger partial charge < -0.3 is 0 Å². The summed E-state index contributed by atoms with van der Waals surface area (Å²) in [5.74, 6) is 0. The van der Waals surface area contributed by atoms with Crippen LogP contribution in [0.3, 0.4) is 0 Å². The standard InChI is InChI=1S/Al.Cu.Si.Ti. The zero-order chi connectivity index (χ0) is 0. The fourth-order valence-corrected chi connectivity index (χ4v) is 0. The molecular formula is AlCuSiTi. The van der Waals surface area contributed by atoms with E-state index in [1.807, 2.05) is 0 Å². The summed E-state index contributed by atoms with van der Waals surface area (Å²) in [5, 5.41) is 0. The molecule has 0 rings (SSSR count). The Morgan fingerprint density at radius 3 is 1.00 bits per heavy atom. The second-order valence-electron chi connectivity index (χ2n) is 0. The molecule has 0 spiro atoms. The Balaban J connectivity index is 0. The third kappa shape index (κ3) is 9.01. The Morgan fingerprint density at radius 2 is 1.00 bits per heavy atom. The van der Waals surface area contributed by atoms with Crippen molar-refractivity contribution in [2.24, 2.45) is 0 Å². The smallest absolute Gasteiger partial charge is 0 e. The van der Waals surface area contributed by atoms with Crippen LogP contribution in [-0.2, 0) is 38.8 Å². The third-order valence-corrected chi connectivity index (χ3v) is 0. The van der Waals surface area contributed by atoms with Gasteiger partial charge in [-0.25, -0.2) is 0 Å². The van der Waals surface area contributed by atoms with Crippen molar-refractivity contribution < 1.29 is 38.8 Å². The molecule has 0 bridgehead atoms. The van der Waals surface area contributed by atoms with E-state index in [4.69, 9.17) is 0 Å². The van der Waals surface area contributed by atoms with Crippen molar-refractivity contribution in [2.75, 3.05) is 0 Å². The molecule has 0 aliphatic heterocycles. The molecule has 0 aromatic heterocycles. The summed E-state index contributed by atoms with van der Waals surface area (Å²) in [6, 6.07) is 0. The molecule has 0 amide bonds. The molecule has 4 heteroatoms. The van der Waals surface area contributed by atoms with Gasteiger partial charge in [-0.2, -0.15) is 0 Å². The van der Waals surface area contributed by atoms with Gasteiger partial charge in [0.05, 0.1) is 0 Å². The van der Waals surface area contributed by atoms with E-state index in [0.29, 0.717) is 0 Å². The fourth-order valence-electron chi connectivity index (χ4n) is 0. The van der Waals surface area contributed by atoms with Gasteiger partial charge in [0.25, 0.3) is 0 Å². The molecule has 0 fully saturated rings. The molecule has 0 N–H and O–H groups in total. The van der Waals surface area contributed by atoms with Crippen molar-refractivity contribution in [3.63, 3.8) is 0 Å². The van der Waals surface area contributed by atoms with Crippen LogP contribution in [0.25, 0.3) is 0 Å². The van der Waals surface area contributed by atoms with Gasteiger partial charge in [0.2, 0.25) is 0 Å². The minimum absolute atomic E-state index is 0. The minimum atomic E-state index is 0. The summed E-state index contributed by atoms with van der Waals surface area (Å²) in [6.45, 7) is 0. The first-order valence-corrected chi connectivity index (χ1v) is 0. The van der Waals surface area contributed by atoms with Crippen molar-refractivity contribution in [3.05, 3.63) is 0 Å². The van der Waals surface area contributed by atoms with E-state index in [1.165, 1.54) is 0 Å². The number of hydrogen-bond donors (Lipinski definition) is 0. The van der Waals surface area contributed by atoms with E-state index in [-0.39, 0.29) is 67.1 Å². The van der Waals surface area contributed by atoms with Crippen LogP contribution in [-0.4, -0.2) is 28.3 Å². The zero-order valence-corrected chi connectivity index (χ0v) is 6.54. The topological polar surface area (TPSA) is 0 Å². The van der Waals surface area contributed by atoms with Crippen LogP contribution in [0.5, 0.6) is 0 Å². The molecule has 0 aromatic rings. The maximum Gasteiger partial charge on any atom is 0 e. The van der Waals surface area contributed by atoms with Crippen molar-refractivity contribution >= 4 is 28.3 Å². The molecule has 4 heavy (non-hydrogen) atoms. The van der Waals surface area contributed by atoms with Gasteiger partial charge in [-0.3, -0.25) is 0 Å². The molecule has 0 heterocycles. The van der Waals surface area contributed by atoms with Gasteiger partial charge >= 0.3 is 0 Å². The summed E-state index contributed by atoms with van der Waals surface area (Å²) in [6.07, 6.45) is 0. The number of hydrogen-bond acceptors (Lipinski definition) is 0. The Bertz CT molecular complexity index is 8.00. The molecule has 0 saturated carbocycles. The van der Waals surface area contributed by atoms with E-state index < -0.39 is 0 Å². The quantitative estimate of drug-likeness (QED) is 0.415. The molecule has 0 atom stereocenters. The minimum Gasteiger partial charge on any atom is 0 e. The van der Waals surface area contributed by atoms with Crippen molar-refractivity contribution in [1.29, 1.82) is 0 Å². The van der Waals surface area contributed by atoms with Gasteiger partial charge in [-0.1, -0.05) is 0 Å². The molecule has 0 saturated heterocycles. The van der Waals surface area contributed by atoms with Crippen LogP contribution in [0.4, 0.5) is 0 Å². The van der Waals surface area contributed by atoms with E-state index in [2.05, 4.69) is 0 Å². The first-order chi connectivity index (χ1) is 0. The second kappa shape index (κ2) is 20.1. The van der Waals surface area contributed by atoms with Crippen LogP contribution >= 0.6 is 0 Å². The predicted octanol–water partition coefficient (Wildman–Crippen LogP) is -0.767. The summed E-state index contributed by atoms with van der Waals surface area (Å²) in [5.41, 5.74) is 0. The molecule has 0 aromatic carbocycles. The van der Waals surface area contributed by atoms with Crippen LogP contribution in [0.1, 0.15) is 0 Å². The van der Waals surface area contributed by atoms with E-state index in [9.17, 15) is 0 Å². The van der Waals surface area contributed by atoms with Gasteiger partial charge in [-0.15, -0.1) is 0 Å². The Kier molecular flexibility index (Phi) is 190. The van der Waals surface area contributed by atoms with Crippen molar-refractivity contribution in [2.45, 2.75) is 0 Å². The summed E-state index contributed by atoms with van der Waals surface area (Å²) < 4.78 is 0. The average molecular weight is 166 g/mol. The van der Waals surface area contributed by atoms with Gasteiger partial charge in [0.1, 0.15) is 0 Å². The normalized spacial score (nSPS) is 0. The average Bonchev–Trinajstić information content (AvgIpc) is 0. The molecule has 8 radical (unpaired) electrons. The van der Waals surface area contributed by atoms with Crippen molar-refractivity contribution in [3.8, 4) is 0 Å². The Labute approximate surface area is 66.6 Å². The fraction of sp³-hybridized carbons (Fsp3) is 0. The second-order valence-corrected chi connectivity index (χ2v) is 0. The third-order valence-electron chi connectivity index (χ3n) is 0. The molecule has 0 nitrogen and oxygen atoms in total. The van der Waals surface area contributed by atoms with Gasteiger partial charge in [0, 0.05) is 67.1 Å². The summed E-state index contributed by atoms with van der Waals surface area (Å²) in [4.78, 5) is 0. The van der Waals surface area contributed by atoms with Crippen LogP contribution in [0.15, 0.2) is 0 Å². The molecular weight excluding hydrogens is 166 g/mol. The van der Waals surface area contributed by atoms with E-state index in [0.717, 1.165) is 0 Å². The first-order valence-electron chi connectivity index (χ1n) is 0. The van der Waals surface area contributed by atoms with Crippen LogP contribution in [0, 0.1) is 0 Å². The summed E-state index contributed by atoms with van der Waals surface area (Å²) in [7, 11) is 0. The van der Waals surface area contributed by atoms with Gasteiger partial charge in [0.15, 0.2) is 0 Å². The largest absolute Gasteiger partial charge is 0 e. The molecule has 0 aliphatic rings. The molecule has 0 aliphatic carbocycles. The first kappa shape index (κ1) is 37.8. The SMILES string of the molecule is [Al].[Cu].[Si].[Ti]. The zero-order valence-electron chi connectivity index (χ0n) is 1.88. The molecule has 0 unspecified atom stereocenters. The van der Waals surface area contributed by atoms with Crippen LogP contribution < -0.4 is 0 Å². The predicted molar refractivity (Wildman–Crippen MR) is 11.5 cm³/mol. The Hall–Kier alpha value is 1.98. The van der Waals surface area contributed by atoms with Gasteiger partial charge in [-0.05, 0) is 0 Å². The molecule has 22 valence electrons. The Morgan fingerprint density at radius 1 is 1.00 bits per heavy atom. The van der Waals surface area contributed by atoms with E-state index in [1.54, 1.807) is 0 Å². The summed E-state index contributed by atoms with van der Waals surface area (Å²) >= 11 is 0. The maximum absolute atomic E-state index is 0. The number of rotatable bonds is 0. The van der Waals surface area contributed by atoms with Crippen LogP contribution in [0.2, 0.25) is 0 Å². The van der Waals surface area contributed by atoms with E-state index >= 15 is 0 Å². The monoisotopic (exact) mass is 166 g/mol.